The number of hydrogen-bond donors (Lipinski definition) is 2. The van der Waals surface area contributed by atoms with Crippen molar-refractivity contribution >= 4 is 22.8 Å². The van der Waals surface area contributed by atoms with Crippen molar-refractivity contribution in [3.63, 3.8) is 0 Å². The highest BCUT2D eigenvalue weighted by molar-refractivity contribution is 6.00. The number of para-hydroxylation sites is 1. The monoisotopic (exact) mass is 388 g/mol. The summed E-state index contributed by atoms with van der Waals surface area (Å²) in [6.07, 6.45) is 3.28. The van der Waals surface area contributed by atoms with E-state index in [1.165, 1.54) is 12.3 Å². The second-order valence-corrected chi connectivity index (χ2v) is 5.04. The van der Waals surface area contributed by atoms with E-state index in [2.05, 4.69) is 4.98 Å². The number of halogens is 1. The van der Waals surface area contributed by atoms with E-state index in [1.807, 2.05) is 47.2 Å². The smallest absolute Gasteiger partial charge is 0.355 e. The van der Waals surface area contributed by atoms with E-state index in [-0.39, 0.29) is 22.5 Å². The fourth-order valence-corrected chi connectivity index (χ4v) is 2.48. The Morgan fingerprint density at radius 1 is 1.04 bits per heavy atom. The second-order valence-electron chi connectivity index (χ2n) is 5.04. The van der Waals surface area contributed by atoms with Crippen molar-refractivity contribution in [3.8, 4) is 0 Å². The number of fused-ring (bicyclic) bond motifs is 1. The number of rotatable bonds is 4. The Morgan fingerprint density at radius 3 is 2.46 bits per heavy atom. The molecule has 0 aliphatic rings. The SMILES string of the molecule is O=C(O)c1cc(C[n+]2cccc3ccccc32)cnc1C(=O)O.[Br-]. The van der Waals surface area contributed by atoms with Gasteiger partial charge in [-0.1, -0.05) is 12.1 Å². The molecule has 0 fully saturated rings. The lowest BCUT2D eigenvalue weighted by Crippen LogP contribution is -3.00. The number of nitrogens with zero attached hydrogens (tertiary/aromatic N) is 2. The fourth-order valence-electron chi connectivity index (χ4n) is 2.48. The minimum absolute atomic E-state index is 0. The molecule has 0 aliphatic heterocycles. The van der Waals surface area contributed by atoms with Gasteiger partial charge in [0.05, 0.1) is 5.56 Å². The molecule has 0 spiro atoms. The first kappa shape index (κ1) is 17.6. The van der Waals surface area contributed by atoms with E-state index in [4.69, 9.17) is 10.2 Å². The van der Waals surface area contributed by atoms with Gasteiger partial charge in [-0.2, -0.15) is 4.57 Å². The van der Waals surface area contributed by atoms with Crippen molar-refractivity contribution < 1.29 is 41.4 Å². The third-order valence-corrected chi connectivity index (χ3v) is 3.52. The predicted molar refractivity (Wildman–Crippen MR) is 81.4 cm³/mol. The highest BCUT2D eigenvalue weighted by atomic mass is 79.9. The summed E-state index contributed by atoms with van der Waals surface area (Å²) in [4.78, 5) is 26.1. The van der Waals surface area contributed by atoms with Gasteiger partial charge in [-0.3, -0.25) is 0 Å². The Balaban J connectivity index is 0.00000208. The minimum Gasteiger partial charge on any atom is -1.00 e. The van der Waals surface area contributed by atoms with Crippen LogP contribution in [0, 0.1) is 0 Å². The van der Waals surface area contributed by atoms with Crippen LogP contribution in [0.25, 0.3) is 10.9 Å². The van der Waals surface area contributed by atoms with E-state index in [9.17, 15) is 9.59 Å². The lowest BCUT2D eigenvalue weighted by atomic mass is 10.1. The van der Waals surface area contributed by atoms with Crippen LogP contribution < -0.4 is 21.5 Å². The molecule has 2 aromatic heterocycles. The Hall–Kier alpha value is -2.80. The molecule has 3 rings (SSSR count). The average Bonchev–Trinajstić information content (AvgIpc) is 2.55. The van der Waals surface area contributed by atoms with Crippen LogP contribution in [0.5, 0.6) is 0 Å². The number of aromatic carboxylic acids is 2. The number of carbonyl (C=O) groups is 2. The van der Waals surface area contributed by atoms with Crippen LogP contribution in [0.1, 0.15) is 26.4 Å². The van der Waals surface area contributed by atoms with Gasteiger partial charge >= 0.3 is 11.9 Å². The van der Waals surface area contributed by atoms with Crippen LogP contribution in [0.3, 0.4) is 0 Å². The van der Waals surface area contributed by atoms with Gasteiger partial charge in [-0.05, 0) is 18.2 Å². The van der Waals surface area contributed by atoms with Crippen molar-refractivity contribution in [2.75, 3.05) is 0 Å². The number of hydrogen-bond acceptors (Lipinski definition) is 3. The number of benzene rings is 1. The zero-order valence-electron chi connectivity index (χ0n) is 12.4. The van der Waals surface area contributed by atoms with Gasteiger partial charge < -0.3 is 27.2 Å². The van der Waals surface area contributed by atoms with Gasteiger partial charge in [-0.15, -0.1) is 0 Å². The third kappa shape index (κ3) is 3.41. The van der Waals surface area contributed by atoms with Gasteiger partial charge in [0, 0.05) is 29.3 Å². The molecule has 2 N–H and O–H groups in total. The molecule has 0 bridgehead atoms. The maximum Gasteiger partial charge on any atom is 0.355 e. The first-order valence-corrected chi connectivity index (χ1v) is 6.89. The molecule has 0 saturated carbocycles. The van der Waals surface area contributed by atoms with Crippen molar-refractivity contribution in [2.45, 2.75) is 6.54 Å². The summed E-state index contributed by atoms with van der Waals surface area (Å²) < 4.78 is 1.96. The zero-order chi connectivity index (χ0) is 16.4. The molecule has 0 amide bonds. The van der Waals surface area contributed by atoms with Crippen LogP contribution in [-0.4, -0.2) is 27.1 Å². The van der Waals surface area contributed by atoms with E-state index >= 15 is 0 Å². The largest absolute Gasteiger partial charge is 1.00 e. The van der Waals surface area contributed by atoms with Gasteiger partial charge in [0.25, 0.3) is 0 Å². The van der Waals surface area contributed by atoms with Crippen molar-refractivity contribution in [1.82, 2.24) is 4.98 Å². The standard InChI is InChI=1S/C17H12N2O4.BrH/c20-16(21)13-8-11(9-18-15(13)17(22)23)10-19-7-3-5-12-4-1-2-6-14(12)19;/h1-9H,10H2,(H-,20,21,22,23);1H. The van der Waals surface area contributed by atoms with Gasteiger partial charge in [-0.25, -0.2) is 14.6 Å². The lowest BCUT2D eigenvalue weighted by Gasteiger charge is -2.04. The second kappa shape index (κ2) is 7.18. The van der Waals surface area contributed by atoms with Gasteiger partial charge in [0.1, 0.15) is 0 Å². The maximum atomic E-state index is 11.2. The Bertz CT molecular complexity index is 922. The summed E-state index contributed by atoms with van der Waals surface area (Å²) in [6.45, 7) is 0.397. The van der Waals surface area contributed by atoms with E-state index in [0.29, 0.717) is 12.1 Å². The van der Waals surface area contributed by atoms with Crippen molar-refractivity contribution in [2.24, 2.45) is 0 Å². The molecule has 0 radical (unpaired) electrons. The van der Waals surface area contributed by atoms with Crippen LogP contribution in [-0.2, 0) is 6.54 Å². The summed E-state index contributed by atoms with van der Waals surface area (Å²) in [7, 11) is 0. The maximum absolute atomic E-state index is 11.2. The Labute approximate surface area is 147 Å². The molecular formula is C17H13BrN2O4. The molecule has 24 heavy (non-hydrogen) atoms. The molecule has 0 unspecified atom stereocenters. The van der Waals surface area contributed by atoms with Gasteiger partial charge in [0.2, 0.25) is 5.52 Å². The number of carboxylic acid groups (broad SMARTS) is 2. The van der Waals surface area contributed by atoms with Crippen molar-refractivity contribution in [1.29, 1.82) is 0 Å². The molecule has 0 saturated heterocycles. The molecule has 0 aliphatic carbocycles. The third-order valence-electron chi connectivity index (χ3n) is 3.52. The highest BCUT2D eigenvalue weighted by Gasteiger charge is 2.19. The summed E-state index contributed by atoms with van der Waals surface area (Å²) in [6, 6.07) is 13.1. The normalized spacial score (nSPS) is 10.2. The minimum atomic E-state index is -1.35. The number of carboxylic acids is 2. The topological polar surface area (TPSA) is 91.4 Å². The fraction of sp³-hybridized carbons (Fsp3) is 0.0588. The van der Waals surface area contributed by atoms with E-state index in [1.54, 1.807) is 0 Å². The average molecular weight is 389 g/mol. The predicted octanol–water partition coefficient (Wildman–Crippen LogP) is -1.03. The van der Waals surface area contributed by atoms with Crippen LogP contribution in [0.4, 0.5) is 0 Å². The molecule has 0 atom stereocenters. The molecular weight excluding hydrogens is 376 g/mol. The molecule has 2 heterocycles. The van der Waals surface area contributed by atoms with Crippen molar-refractivity contribution in [3.05, 3.63) is 71.7 Å². The summed E-state index contributed by atoms with van der Waals surface area (Å²) >= 11 is 0. The molecule has 122 valence electrons. The highest BCUT2D eigenvalue weighted by Crippen LogP contribution is 2.12. The summed E-state index contributed by atoms with van der Waals surface area (Å²) in [5, 5.41) is 19.2. The summed E-state index contributed by atoms with van der Waals surface area (Å²) in [5.74, 6) is -2.66. The zero-order valence-corrected chi connectivity index (χ0v) is 14.0. The number of aromatic nitrogens is 2. The van der Waals surface area contributed by atoms with Crippen LogP contribution >= 0.6 is 0 Å². The van der Waals surface area contributed by atoms with E-state index in [0.717, 1.165) is 10.9 Å². The lowest BCUT2D eigenvalue weighted by molar-refractivity contribution is -0.662. The van der Waals surface area contributed by atoms with E-state index < -0.39 is 17.6 Å². The first-order chi connectivity index (χ1) is 11.1. The van der Waals surface area contributed by atoms with Crippen LogP contribution in [0.15, 0.2) is 54.9 Å². The van der Waals surface area contributed by atoms with Crippen LogP contribution in [0.2, 0.25) is 0 Å². The number of pyridine rings is 2. The Kier molecular flexibility index (Phi) is 5.25. The summed E-state index contributed by atoms with van der Waals surface area (Å²) in [5.41, 5.74) is 0.850. The molecule has 7 heteroatoms. The molecule has 1 aromatic carbocycles. The first-order valence-electron chi connectivity index (χ1n) is 6.89. The molecule has 6 nitrogen and oxygen atoms in total. The Morgan fingerprint density at radius 2 is 1.75 bits per heavy atom. The molecule has 3 aromatic rings. The quantitative estimate of drug-likeness (QED) is 0.557. The van der Waals surface area contributed by atoms with Gasteiger partial charge in [0.15, 0.2) is 18.4 Å².